The molecule has 90 valence electrons. The molecule has 0 saturated carbocycles. The van der Waals surface area contributed by atoms with Crippen LogP contribution in [-0.2, 0) is 4.74 Å². The molecule has 1 aliphatic heterocycles. The van der Waals surface area contributed by atoms with E-state index in [0.29, 0.717) is 0 Å². The fourth-order valence-electron chi connectivity index (χ4n) is 2.32. The van der Waals surface area contributed by atoms with Crippen molar-refractivity contribution in [3.8, 4) is 0 Å². The molecule has 1 rings (SSSR count). The van der Waals surface area contributed by atoms with E-state index in [1.807, 2.05) is 0 Å². The fourth-order valence-corrected chi connectivity index (χ4v) is 2.85. The normalized spacial score (nSPS) is 23.2. The van der Waals surface area contributed by atoms with Crippen molar-refractivity contribution >= 4 is 15.9 Å². The van der Waals surface area contributed by atoms with E-state index in [9.17, 15) is 0 Å². The van der Waals surface area contributed by atoms with E-state index < -0.39 is 0 Å². The molecule has 0 N–H and O–H groups in total. The number of rotatable bonds is 7. The van der Waals surface area contributed by atoms with E-state index in [0.717, 1.165) is 24.6 Å². The van der Waals surface area contributed by atoms with Crippen LogP contribution < -0.4 is 0 Å². The molecule has 1 atom stereocenters. The van der Waals surface area contributed by atoms with E-state index >= 15 is 0 Å². The summed E-state index contributed by atoms with van der Waals surface area (Å²) in [5, 5.41) is 1.14. The van der Waals surface area contributed by atoms with E-state index in [-0.39, 0.29) is 0 Å². The molecule has 1 fully saturated rings. The third kappa shape index (κ3) is 5.32. The summed E-state index contributed by atoms with van der Waals surface area (Å²) in [6, 6.07) is 0.819. The van der Waals surface area contributed by atoms with Crippen molar-refractivity contribution in [2.24, 2.45) is 0 Å². The maximum Gasteiger partial charge on any atom is 0.0478 e. The van der Waals surface area contributed by atoms with Crippen LogP contribution in [-0.4, -0.2) is 42.6 Å². The quantitative estimate of drug-likeness (QED) is 0.524. The van der Waals surface area contributed by atoms with Gasteiger partial charge in [-0.15, -0.1) is 0 Å². The highest BCUT2D eigenvalue weighted by Gasteiger charge is 2.20. The second-order valence-electron chi connectivity index (χ2n) is 4.21. The molecule has 0 radical (unpaired) electrons. The summed E-state index contributed by atoms with van der Waals surface area (Å²) in [7, 11) is 0. The van der Waals surface area contributed by atoms with E-state index in [1.54, 1.807) is 0 Å². The second-order valence-corrected chi connectivity index (χ2v) is 5.01. The van der Waals surface area contributed by atoms with Gasteiger partial charge in [-0.2, -0.15) is 0 Å². The summed E-state index contributed by atoms with van der Waals surface area (Å²) >= 11 is 3.55. The SMILES string of the molecule is CCOCCCN1CCCCC1CCBr. The molecule has 1 aliphatic rings. The molecular formula is C12H24BrNO. The first kappa shape index (κ1) is 13.5. The summed E-state index contributed by atoms with van der Waals surface area (Å²) in [5.41, 5.74) is 0. The molecule has 0 spiro atoms. The largest absolute Gasteiger partial charge is 0.382 e. The Balaban J connectivity index is 2.17. The number of ether oxygens (including phenoxy) is 1. The lowest BCUT2D eigenvalue weighted by atomic mass is 10.00. The number of likely N-dealkylation sites (tertiary alicyclic amines) is 1. The maximum atomic E-state index is 5.38. The molecule has 3 heteroatoms. The minimum Gasteiger partial charge on any atom is -0.382 e. The highest BCUT2D eigenvalue weighted by molar-refractivity contribution is 9.09. The first-order valence-electron chi connectivity index (χ1n) is 6.26. The molecule has 0 aliphatic carbocycles. The molecule has 1 unspecified atom stereocenters. The summed E-state index contributed by atoms with van der Waals surface area (Å²) < 4.78 is 5.38. The molecule has 0 bridgehead atoms. The molecular weight excluding hydrogens is 254 g/mol. The first-order valence-corrected chi connectivity index (χ1v) is 7.38. The van der Waals surface area contributed by atoms with Crippen LogP contribution in [0.2, 0.25) is 0 Å². The molecule has 0 aromatic heterocycles. The van der Waals surface area contributed by atoms with E-state index in [2.05, 4.69) is 27.8 Å². The Morgan fingerprint density at radius 3 is 3.00 bits per heavy atom. The number of hydrogen-bond acceptors (Lipinski definition) is 2. The summed E-state index contributed by atoms with van der Waals surface area (Å²) in [6.45, 7) is 6.36. The third-order valence-electron chi connectivity index (χ3n) is 3.13. The Morgan fingerprint density at radius 2 is 2.27 bits per heavy atom. The zero-order valence-corrected chi connectivity index (χ0v) is 11.5. The third-order valence-corrected chi connectivity index (χ3v) is 3.59. The van der Waals surface area contributed by atoms with Crippen molar-refractivity contribution in [1.29, 1.82) is 0 Å². The Labute approximate surface area is 102 Å². The minimum atomic E-state index is 0.819. The molecule has 2 nitrogen and oxygen atoms in total. The minimum absolute atomic E-state index is 0.819. The van der Waals surface area contributed by atoms with Gasteiger partial charge in [0.2, 0.25) is 0 Å². The average molecular weight is 278 g/mol. The van der Waals surface area contributed by atoms with Crippen molar-refractivity contribution in [3.63, 3.8) is 0 Å². The van der Waals surface area contributed by atoms with Gasteiger partial charge in [0.25, 0.3) is 0 Å². The van der Waals surface area contributed by atoms with Crippen molar-refractivity contribution in [2.75, 3.05) is 31.6 Å². The van der Waals surface area contributed by atoms with Gasteiger partial charge in [-0.1, -0.05) is 22.4 Å². The number of hydrogen-bond donors (Lipinski definition) is 0. The fraction of sp³-hybridized carbons (Fsp3) is 1.00. The highest BCUT2D eigenvalue weighted by atomic mass is 79.9. The number of halogens is 1. The Morgan fingerprint density at radius 1 is 1.40 bits per heavy atom. The predicted molar refractivity (Wildman–Crippen MR) is 68.7 cm³/mol. The van der Waals surface area contributed by atoms with Gasteiger partial charge in [0.1, 0.15) is 0 Å². The molecule has 0 amide bonds. The number of alkyl halides is 1. The van der Waals surface area contributed by atoms with Gasteiger partial charge < -0.3 is 9.64 Å². The Bertz CT molecular complexity index is 153. The maximum absolute atomic E-state index is 5.38. The average Bonchev–Trinajstić information content (AvgIpc) is 2.27. The smallest absolute Gasteiger partial charge is 0.0478 e. The van der Waals surface area contributed by atoms with Gasteiger partial charge in [0, 0.05) is 31.1 Å². The highest BCUT2D eigenvalue weighted by Crippen LogP contribution is 2.20. The summed E-state index contributed by atoms with van der Waals surface area (Å²) in [4.78, 5) is 2.66. The van der Waals surface area contributed by atoms with Crippen molar-refractivity contribution < 1.29 is 4.74 Å². The van der Waals surface area contributed by atoms with Gasteiger partial charge in [0.15, 0.2) is 0 Å². The van der Waals surface area contributed by atoms with E-state index in [1.165, 1.54) is 45.2 Å². The van der Waals surface area contributed by atoms with Crippen LogP contribution in [0.5, 0.6) is 0 Å². The molecule has 15 heavy (non-hydrogen) atoms. The van der Waals surface area contributed by atoms with Crippen LogP contribution in [0.1, 0.15) is 39.0 Å². The lowest BCUT2D eigenvalue weighted by molar-refractivity contribution is 0.104. The molecule has 1 saturated heterocycles. The van der Waals surface area contributed by atoms with Gasteiger partial charge in [-0.3, -0.25) is 0 Å². The standard InChI is InChI=1S/C12H24BrNO/c1-2-15-11-5-10-14-9-4-3-6-12(14)7-8-13/h12H,2-11H2,1H3. The van der Waals surface area contributed by atoms with Gasteiger partial charge in [0.05, 0.1) is 0 Å². The van der Waals surface area contributed by atoms with Crippen LogP contribution in [0.15, 0.2) is 0 Å². The van der Waals surface area contributed by atoms with Crippen LogP contribution in [0.3, 0.4) is 0 Å². The van der Waals surface area contributed by atoms with Crippen molar-refractivity contribution in [2.45, 2.75) is 45.1 Å². The van der Waals surface area contributed by atoms with E-state index in [4.69, 9.17) is 4.74 Å². The number of piperidine rings is 1. The van der Waals surface area contributed by atoms with Gasteiger partial charge in [-0.05, 0) is 39.2 Å². The second kappa shape index (κ2) is 8.54. The monoisotopic (exact) mass is 277 g/mol. The van der Waals surface area contributed by atoms with Crippen LogP contribution in [0.25, 0.3) is 0 Å². The van der Waals surface area contributed by atoms with Gasteiger partial charge in [-0.25, -0.2) is 0 Å². The predicted octanol–water partition coefficient (Wildman–Crippen LogP) is 3.05. The summed E-state index contributed by atoms with van der Waals surface area (Å²) in [5.74, 6) is 0. The zero-order chi connectivity index (χ0) is 10.9. The zero-order valence-electron chi connectivity index (χ0n) is 9.88. The first-order chi connectivity index (χ1) is 7.38. The summed E-state index contributed by atoms with van der Waals surface area (Å²) in [6.07, 6.45) is 6.68. The Kier molecular flexibility index (Phi) is 7.67. The molecule has 0 aromatic carbocycles. The lowest BCUT2D eigenvalue weighted by Crippen LogP contribution is -2.40. The van der Waals surface area contributed by atoms with Crippen LogP contribution in [0.4, 0.5) is 0 Å². The number of nitrogens with zero attached hydrogens (tertiary/aromatic N) is 1. The van der Waals surface area contributed by atoms with Crippen molar-refractivity contribution in [3.05, 3.63) is 0 Å². The van der Waals surface area contributed by atoms with Crippen molar-refractivity contribution in [1.82, 2.24) is 4.90 Å². The molecule has 0 aromatic rings. The van der Waals surface area contributed by atoms with Gasteiger partial charge >= 0.3 is 0 Å². The Hall–Kier alpha value is 0.400. The van der Waals surface area contributed by atoms with Crippen LogP contribution in [0, 0.1) is 0 Å². The van der Waals surface area contributed by atoms with Crippen LogP contribution >= 0.6 is 15.9 Å². The lowest BCUT2D eigenvalue weighted by Gasteiger charge is -2.35. The molecule has 1 heterocycles. The topological polar surface area (TPSA) is 12.5 Å².